The number of morpholine rings is 1. The molecule has 4 aromatic carbocycles. The number of carbonyl (C=O) groups excluding carboxylic acids is 1. The molecule has 1 amide bonds. The fourth-order valence-electron chi connectivity index (χ4n) is 4.48. The summed E-state index contributed by atoms with van der Waals surface area (Å²) >= 11 is 6.64. The third kappa shape index (κ3) is 6.16. The predicted octanol–water partition coefficient (Wildman–Crippen LogP) is 6.27. The molecule has 7 heteroatoms. The fraction of sp³-hybridized carbons (Fsp3) is 0.233. The quantitative estimate of drug-likeness (QED) is 0.289. The van der Waals surface area contributed by atoms with Crippen LogP contribution < -0.4 is 20.3 Å². The van der Waals surface area contributed by atoms with Gasteiger partial charge in [0, 0.05) is 36.6 Å². The largest absolute Gasteiger partial charge is 0.483 e. The van der Waals surface area contributed by atoms with Gasteiger partial charge < -0.3 is 25.0 Å². The Labute approximate surface area is 222 Å². The zero-order valence-electron chi connectivity index (χ0n) is 20.8. The van der Waals surface area contributed by atoms with E-state index in [0.29, 0.717) is 30.5 Å². The second-order valence-electron chi connectivity index (χ2n) is 9.09. The van der Waals surface area contributed by atoms with E-state index < -0.39 is 0 Å². The number of hydrogen-bond acceptors (Lipinski definition) is 5. The van der Waals surface area contributed by atoms with Gasteiger partial charge in [-0.05, 0) is 54.1 Å². The molecule has 190 valence electrons. The van der Waals surface area contributed by atoms with E-state index in [9.17, 15) is 4.79 Å². The van der Waals surface area contributed by atoms with Gasteiger partial charge in [-0.25, -0.2) is 0 Å². The fourth-order valence-corrected chi connectivity index (χ4v) is 4.78. The Morgan fingerprint density at radius 3 is 2.51 bits per heavy atom. The Bertz CT molecular complexity index is 1380. The molecule has 5 rings (SSSR count). The number of fused-ring (bicyclic) bond motifs is 1. The zero-order chi connectivity index (χ0) is 25.6. The lowest BCUT2D eigenvalue weighted by atomic mass is 10.0. The molecule has 0 atom stereocenters. The number of benzene rings is 4. The molecule has 0 unspecified atom stereocenters. The van der Waals surface area contributed by atoms with Crippen molar-refractivity contribution in [2.75, 3.05) is 48.4 Å². The van der Waals surface area contributed by atoms with E-state index in [1.807, 2.05) is 73.7 Å². The Kier molecular flexibility index (Phi) is 7.78. The van der Waals surface area contributed by atoms with Crippen molar-refractivity contribution < 1.29 is 14.3 Å². The average molecular weight is 516 g/mol. The summed E-state index contributed by atoms with van der Waals surface area (Å²) < 4.78 is 11.5. The van der Waals surface area contributed by atoms with Crippen LogP contribution >= 0.6 is 11.6 Å². The molecule has 2 N–H and O–H groups in total. The first kappa shape index (κ1) is 24.9. The lowest BCUT2D eigenvalue weighted by Gasteiger charge is -2.29. The molecule has 0 spiro atoms. The first-order valence-electron chi connectivity index (χ1n) is 12.4. The average Bonchev–Trinajstić information content (AvgIpc) is 2.92. The minimum absolute atomic E-state index is 0.0840. The van der Waals surface area contributed by atoms with Crippen LogP contribution in [0.4, 0.5) is 17.1 Å². The monoisotopic (exact) mass is 515 g/mol. The van der Waals surface area contributed by atoms with Gasteiger partial charge >= 0.3 is 0 Å². The van der Waals surface area contributed by atoms with E-state index in [1.165, 1.54) is 0 Å². The first-order chi connectivity index (χ1) is 18.1. The molecule has 0 aliphatic carbocycles. The van der Waals surface area contributed by atoms with Crippen molar-refractivity contribution in [2.24, 2.45) is 0 Å². The van der Waals surface area contributed by atoms with E-state index in [-0.39, 0.29) is 12.5 Å². The topological polar surface area (TPSA) is 62.8 Å². The standard InChI is InChI=1S/C30H30ClN3O3/c1-21-6-9-23(10-7-21)33-30(35)20-37-29-13-8-22-4-2-3-5-25(22)26(29)19-32-24-11-12-28(27(31)18-24)34-14-16-36-17-15-34/h2-13,18,32H,14-17,19-20H2,1H3,(H,33,35). The molecule has 0 saturated carbocycles. The maximum atomic E-state index is 12.5. The van der Waals surface area contributed by atoms with Crippen LogP contribution in [0.3, 0.4) is 0 Å². The highest BCUT2D eigenvalue weighted by Gasteiger charge is 2.15. The van der Waals surface area contributed by atoms with Gasteiger partial charge in [0.2, 0.25) is 0 Å². The molecule has 0 bridgehead atoms. The molecule has 6 nitrogen and oxygen atoms in total. The number of rotatable bonds is 8. The van der Waals surface area contributed by atoms with Gasteiger partial charge in [0.15, 0.2) is 6.61 Å². The Morgan fingerprint density at radius 1 is 0.973 bits per heavy atom. The maximum Gasteiger partial charge on any atom is 0.262 e. The summed E-state index contributed by atoms with van der Waals surface area (Å²) in [6.45, 7) is 5.53. The van der Waals surface area contributed by atoms with Crippen molar-refractivity contribution in [1.29, 1.82) is 0 Å². The molecule has 4 aromatic rings. The van der Waals surface area contributed by atoms with Crippen molar-refractivity contribution in [2.45, 2.75) is 13.5 Å². The van der Waals surface area contributed by atoms with Crippen LogP contribution in [0.2, 0.25) is 5.02 Å². The summed E-state index contributed by atoms with van der Waals surface area (Å²) in [6.07, 6.45) is 0. The SMILES string of the molecule is Cc1ccc(NC(=O)COc2ccc3ccccc3c2CNc2ccc(N3CCOCC3)c(Cl)c2)cc1. The van der Waals surface area contributed by atoms with Crippen LogP contribution in [0.1, 0.15) is 11.1 Å². The van der Waals surface area contributed by atoms with Gasteiger partial charge in [-0.3, -0.25) is 4.79 Å². The summed E-state index contributed by atoms with van der Waals surface area (Å²) in [5.41, 5.74) is 4.80. The third-order valence-electron chi connectivity index (χ3n) is 6.46. The zero-order valence-corrected chi connectivity index (χ0v) is 21.6. The van der Waals surface area contributed by atoms with Crippen molar-refractivity contribution in [3.05, 3.63) is 95.0 Å². The molecule has 1 saturated heterocycles. The molecule has 1 aliphatic heterocycles. The van der Waals surface area contributed by atoms with Crippen molar-refractivity contribution in [3.63, 3.8) is 0 Å². The molecule has 1 fully saturated rings. The highest BCUT2D eigenvalue weighted by Crippen LogP contribution is 2.32. The minimum Gasteiger partial charge on any atom is -0.483 e. The second kappa shape index (κ2) is 11.5. The van der Waals surface area contributed by atoms with E-state index in [2.05, 4.69) is 27.7 Å². The minimum atomic E-state index is -0.207. The van der Waals surface area contributed by atoms with E-state index >= 15 is 0 Å². The summed E-state index contributed by atoms with van der Waals surface area (Å²) in [6, 6.07) is 25.8. The second-order valence-corrected chi connectivity index (χ2v) is 9.49. The number of nitrogens with one attached hydrogen (secondary N) is 2. The molecular formula is C30H30ClN3O3. The van der Waals surface area contributed by atoms with E-state index in [1.54, 1.807) is 0 Å². The number of hydrogen-bond donors (Lipinski definition) is 2. The summed E-state index contributed by atoms with van der Waals surface area (Å²) in [4.78, 5) is 14.8. The lowest BCUT2D eigenvalue weighted by Crippen LogP contribution is -2.36. The normalized spacial score (nSPS) is 13.4. The first-order valence-corrected chi connectivity index (χ1v) is 12.8. The molecule has 37 heavy (non-hydrogen) atoms. The van der Waals surface area contributed by atoms with Gasteiger partial charge in [-0.1, -0.05) is 59.6 Å². The highest BCUT2D eigenvalue weighted by atomic mass is 35.5. The van der Waals surface area contributed by atoms with Crippen LogP contribution in [-0.4, -0.2) is 38.8 Å². The lowest BCUT2D eigenvalue weighted by molar-refractivity contribution is -0.118. The van der Waals surface area contributed by atoms with Crippen molar-refractivity contribution in [1.82, 2.24) is 0 Å². The van der Waals surface area contributed by atoms with Crippen LogP contribution in [0, 0.1) is 6.92 Å². The third-order valence-corrected chi connectivity index (χ3v) is 6.76. The van der Waals surface area contributed by atoms with Crippen LogP contribution in [0.5, 0.6) is 5.75 Å². The Morgan fingerprint density at radius 2 is 1.73 bits per heavy atom. The maximum absolute atomic E-state index is 12.5. The van der Waals surface area contributed by atoms with Gasteiger partial charge in [0.05, 0.1) is 23.9 Å². The predicted molar refractivity (Wildman–Crippen MR) is 151 cm³/mol. The number of carbonyl (C=O) groups is 1. The molecule has 0 radical (unpaired) electrons. The number of halogens is 1. The van der Waals surface area contributed by atoms with Crippen molar-refractivity contribution in [3.8, 4) is 5.75 Å². The highest BCUT2D eigenvalue weighted by molar-refractivity contribution is 6.33. The van der Waals surface area contributed by atoms with Crippen LogP contribution in [0.15, 0.2) is 78.9 Å². The molecule has 0 aromatic heterocycles. The Balaban J connectivity index is 1.30. The Hall–Kier alpha value is -3.74. The number of nitrogens with zero attached hydrogens (tertiary/aromatic N) is 1. The number of amides is 1. The molecule has 1 heterocycles. The summed E-state index contributed by atoms with van der Waals surface area (Å²) in [5.74, 6) is 0.461. The van der Waals surface area contributed by atoms with Gasteiger partial charge in [-0.15, -0.1) is 0 Å². The molecule has 1 aliphatic rings. The molecular weight excluding hydrogens is 486 g/mol. The van der Waals surface area contributed by atoms with Gasteiger partial charge in [0.25, 0.3) is 5.91 Å². The van der Waals surface area contributed by atoms with Crippen LogP contribution in [-0.2, 0) is 16.1 Å². The van der Waals surface area contributed by atoms with Gasteiger partial charge in [-0.2, -0.15) is 0 Å². The number of aryl methyl sites for hydroxylation is 1. The summed E-state index contributed by atoms with van der Waals surface area (Å²) in [7, 11) is 0. The van der Waals surface area contributed by atoms with E-state index in [0.717, 1.165) is 52.1 Å². The smallest absolute Gasteiger partial charge is 0.262 e. The van der Waals surface area contributed by atoms with Crippen LogP contribution in [0.25, 0.3) is 10.8 Å². The summed E-state index contributed by atoms with van der Waals surface area (Å²) in [5, 5.41) is 9.26. The van der Waals surface area contributed by atoms with E-state index in [4.69, 9.17) is 21.1 Å². The van der Waals surface area contributed by atoms with Crippen molar-refractivity contribution >= 4 is 45.3 Å². The van der Waals surface area contributed by atoms with Gasteiger partial charge in [0.1, 0.15) is 5.75 Å². The number of anilines is 3. The number of ether oxygens (including phenoxy) is 2.